The van der Waals surface area contributed by atoms with E-state index < -0.39 is 12.7 Å². The number of alkyl halides is 2. The zero-order valence-electron chi connectivity index (χ0n) is 10.9. The van der Waals surface area contributed by atoms with Gasteiger partial charge in [-0.25, -0.2) is 0 Å². The van der Waals surface area contributed by atoms with Gasteiger partial charge in [-0.2, -0.15) is 8.78 Å². The summed E-state index contributed by atoms with van der Waals surface area (Å²) >= 11 is 0. The second-order valence-electron chi connectivity index (χ2n) is 4.49. The maximum absolute atomic E-state index is 12.0. The highest BCUT2D eigenvalue weighted by Gasteiger charge is 2.09. The van der Waals surface area contributed by atoms with Gasteiger partial charge in [0.15, 0.2) is 0 Å². The van der Waals surface area contributed by atoms with Gasteiger partial charge < -0.3 is 9.84 Å². The van der Waals surface area contributed by atoms with Crippen LogP contribution in [0.2, 0.25) is 0 Å². The molecule has 0 aromatic heterocycles. The summed E-state index contributed by atoms with van der Waals surface area (Å²) in [5.41, 5.74) is 1.85. The van der Waals surface area contributed by atoms with Crippen LogP contribution < -0.4 is 4.74 Å². The van der Waals surface area contributed by atoms with Crippen molar-refractivity contribution >= 4 is 0 Å². The third-order valence-corrected chi connectivity index (χ3v) is 3.04. The van der Waals surface area contributed by atoms with Crippen molar-refractivity contribution in [2.45, 2.75) is 25.6 Å². The number of benzene rings is 2. The average Bonchev–Trinajstić information content (AvgIpc) is 2.46. The summed E-state index contributed by atoms with van der Waals surface area (Å²) in [5, 5.41) is 10.1. The number of rotatable bonds is 6. The molecule has 0 aliphatic carbocycles. The fourth-order valence-electron chi connectivity index (χ4n) is 1.99. The Morgan fingerprint density at radius 1 is 0.950 bits per heavy atom. The highest BCUT2D eigenvalue weighted by molar-refractivity contribution is 5.28. The molecule has 0 aliphatic rings. The molecule has 1 atom stereocenters. The first-order valence-corrected chi connectivity index (χ1v) is 6.42. The first-order chi connectivity index (χ1) is 9.65. The molecular weight excluding hydrogens is 262 g/mol. The van der Waals surface area contributed by atoms with E-state index in [2.05, 4.69) is 4.74 Å². The number of aliphatic hydroxyl groups is 1. The SMILES string of the molecule is OC(CCc1ccccc1)c1ccc(OC(F)F)cc1. The topological polar surface area (TPSA) is 29.5 Å². The van der Waals surface area contributed by atoms with Gasteiger partial charge in [-0.05, 0) is 36.1 Å². The number of aryl methyl sites for hydroxylation is 1. The molecule has 20 heavy (non-hydrogen) atoms. The van der Waals surface area contributed by atoms with Crippen LogP contribution in [0.3, 0.4) is 0 Å². The fraction of sp³-hybridized carbons (Fsp3) is 0.250. The number of halogens is 2. The second kappa shape index (κ2) is 7.01. The van der Waals surface area contributed by atoms with Gasteiger partial charge in [-0.1, -0.05) is 42.5 Å². The molecule has 2 aromatic carbocycles. The molecule has 0 heterocycles. The van der Waals surface area contributed by atoms with Crippen LogP contribution in [0.25, 0.3) is 0 Å². The largest absolute Gasteiger partial charge is 0.435 e. The van der Waals surface area contributed by atoms with E-state index in [1.165, 1.54) is 12.1 Å². The van der Waals surface area contributed by atoms with E-state index in [-0.39, 0.29) is 5.75 Å². The van der Waals surface area contributed by atoms with Crippen LogP contribution in [0, 0.1) is 0 Å². The van der Waals surface area contributed by atoms with Gasteiger partial charge in [-0.3, -0.25) is 0 Å². The van der Waals surface area contributed by atoms with E-state index in [1.54, 1.807) is 12.1 Å². The van der Waals surface area contributed by atoms with Crippen molar-refractivity contribution in [3.63, 3.8) is 0 Å². The third-order valence-electron chi connectivity index (χ3n) is 3.04. The zero-order valence-corrected chi connectivity index (χ0v) is 10.9. The average molecular weight is 278 g/mol. The Labute approximate surface area is 116 Å². The van der Waals surface area contributed by atoms with Crippen molar-refractivity contribution in [3.05, 3.63) is 65.7 Å². The van der Waals surface area contributed by atoms with E-state index in [1.807, 2.05) is 30.3 Å². The van der Waals surface area contributed by atoms with Crippen LogP contribution in [0.5, 0.6) is 5.75 Å². The molecule has 0 spiro atoms. The van der Waals surface area contributed by atoms with Gasteiger partial charge in [0.1, 0.15) is 5.75 Å². The Bertz CT molecular complexity index is 512. The first-order valence-electron chi connectivity index (χ1n) is 6.42. The van der Waals surface area contributed by atoms with Crippen molar-refractivity contribution in [3.8, 4) is 5.75 Å². The minimum absolute atomic E-state index is 0.0963. The van der Waals surface area contributed by atoms with Gasteiger partial charge in [0.05, 0.1) is 6.10 Å². The minimum atomic E-state index is -2.83. The molecule has 2 nitrogen and oxygen atoms in total. The number of hydrogen-bond donors (Lipinski definition) is 1. The van der Waals surface area contributed by atoms with E-state index in [0.717, 1.165) is 12.0 Å². The monoisotopic (exact) mass is 278 g/mol. The van der Waals surface area contributed by atoms with Crippen LogP contribution in [0.15, 0.2) is 54.6 Å². The number of hydrogen-bond acceptors (Lipinski definition) is 2. The molecule has 0 saturated carbocycles. The zero-order chi connectivity index (χ0) is 14.4. The summed E-state index contributed by atoms with van der Waals surface area (Å²) in [6.45, 7) is -2.83. The number of ether oxygens (including phenoxy) is 1. The predicted octanol–water partition coefficient (Wildman–Crippen LogP) is 3.95. The maximum atomic E-state index is 12.0. The Morgan fingerprint density at radius 2 is 1.60 bits per heavy atom. The van der Waals surface area contributed by atoms with Gasteiger partial charge in [0.25, 0.3) is 0 Å². The molecule has 2 aromatic rings. The van der Waals surface area contributed by atoms with Crippen LogP contribution in [0.1, 0.15) is 23.7 Å². The van der Waals surface area contributed by atoms with Crippen molar-refractivity contribution in [2.24, 2.45) is 0 Å². The van der Waals surface area contributed by atoms with Gasteiger partial charge >= 0.3 is 6.61 Å². The lowest BCUT2D eigenvalue weighted by Gasteiger charge is -2.12. The van der Waals surface area contributed by atoms with Crippen LogP contribution in [-0.2, 0) is 6.42 Å². The molecule has 1 N–H and O–H groups in total. The summed E-state index contributed by atoms with van der Waals surface area (Å²) < 4.78 is 28.3. The molecule has 0 radical (unpaired) electrons. The van der Waals surface area contributed by atoms with Crippen LogP contribution in [0.4, 0.5) is 8.78 Å². The third kappa shape index (κ3) is 4.31. The van der Waals surface area contributed by atoms with Crippen molar-refractivity contribution in [1.82, 2.24) is 0 Å². The van der Waals surface area contributed by atoms with Crippen LogP contribution >= 0.6 is 0 Å². The molecule has 4 heteroatoms. The second-order valence-corrected chi connectivity index (χ2v) is 4.49. The van der Waals surface area contributed by atoms with Crippen LogP contribution in [-0.4, -0.2) is 11.7 Å². The van der Waals surface area contributed by atoms with E-state index in [9.17, 15) is 13.9 Å². The molecule has 0 amide bonds. The molecule has 1 unspecified atom stereocenters. The Morgan fingerprint density at radius 3 is 2.20 bits per heavy atom. The van der Waals surface area contributed by atoms with E-state index in [4.69, 9.17) is 0 Å². The Kier molecular flexibility index (Phi) is 5.07. The first kappa shape index (κ1) is 14.5. The highest BCUT2D eigenvalue weighted by Crippen LogP contribution is 2.22. The quantitative estimate of drug-likeness (QED) is 0.866. The molecule has 106 valence electrons. The summed E-state index contributed by atoms with van der Waals surface area (Å²) in [5.74, 6) is 0.0963. The fourth-order valence-corrected chi connectivity index (χ4v) is 1.99. The standard InChI is InChI=1S/C16H16F2O2/c17-16(18)20-14-9-7-13(8-10-14)15(19)11-6-12-4-2-1-3-5-12/h1-5,7-10,15-16,19H,6,11H2. The smallest absolute Gasteiger partial charge is 0.387 e. The normalized spacial score (nSPS) is 12.4. The van der Waals surface area contributed by atoms with Gasteiger partial charge in [0.2, 0.25) is 0 Å². The van der Waals surface area contributed by atoms with Crippen molar-refractivity contribution in [2.75, 3.05) is 0 Å². The molecule has 2 rings (SSSR count). The summed E-state index contributed by atoms with van der Waals surface area (Å²) in [6, 6.07) is 16.0. The Balaban J connectivity index is 1.90. The summed E-state index contributed by atoms with van der Waals surface area (Å²) in [4.78, 5) is 0. The highest BCUT2D eigenvalue weighted by atomic mass is 19.3. The van der Waals surface area contributed by atoms with Gasteiger partial charge in [0, 0.05) is 0 Å². The summed E-state index contributed by atoms with van der Waals surface area (Å²) in [6.07, 6.45) is 0.729. The Hall–Kier alpha value is -1.94. The predicted molar refractivity (Wildman–Crippen MR) is 72.8 cm³/mol. The number of aliphatic hydroxyl groups excluding tert-OH is 1. The lowest BCUT2D eigenvalue weighted by atomic mass is 10.0. The minimum Gasteiger partial charge on any atom is -0.435 e. The van der Waals surface area contributed by atoms with Crippen molar-refractivity contribution in [1.29, 1.82) is 0 Å². The van der Waals surface area contributed by atoms with Crippen molar-refractivity contribution < 1.29 is 18.6 Å². The molecule has 0 fully saturated rings. The summed E-state index contributed by atoms with van der Waals surface area (Å²) in [7, 11) is 0. The molecule has 0 saturated heterocycles. The van der Waals surface area contributed by atoms with Gasteiger partial charge in [-0.15, -0.1) is 0 Å². The molecule has 0 aliphatic heterocycles. The van der Waals surface area contributed by atoms with E-state index >= 15 is 0 Å². The molecule has 0 bridgehead atoms. The maximum Gasteiger partial charge on any atom is 0.387 e. The van der Waals surface area contributed by atoms with E-state index in [0.29, 0.717) is 12.0 Å². The molecular formula is C16H16F2O2. The lowest BCUT2D eigenvalue weighted by Crippen LogP contribution is -2.03. The lowest BCUT2D eigenvalue weighted by molar-refractivity contribution is -0.0498.